The average molecular weight is 395 g/mol. The number of aromatic nitrogens is 3. The highest BCUT2D eigenvalue weighted by atomic mass is 19.1. The van der Waals surface area contributed by atoms with Crippen molar-refractivity contribution in [1.82, 2.24) is 15.2 Å². The molecule has 0 aliphatic heterocycles. The Bertz CT molecular complexity index is 1150. The first kappa shape index (κ1) is 18.0. The molecule has 5 rings (SSSR count). The molecule has 2 aliphatic rings. The lowest BCUT2D eigenvalue weighted by molar-refractivity contribution is -0.0194. The Kier molecular flexibility index (Phi) is 3.69. The van der Waals surface area contributed by atoms with Gasteiger partial charge in [-0.05, 0) is 48.6 Å². The van der Waals surface area contributed by atoms with E-state index in [0.717, 1.165) is 18.4 Å². The molecule has 0 saturated heterocycles. The number of nitrogens with one attached hydrogen (secondary N) is 1. The summed E-state index contributed by atoms with van der Waals surface area (Å²) in [7, 11) is 0. The van der Waals surface area contributed by atoms with E-state index in [1.807, 2.05) is 0 Å². The van der Waals surface area contributed by atoms with Crippen molar-refractivity contribution in [2.24, 2.45) is 5.41 Å². The van der Waals surface area contributed by atoms with Gasteiger partial charge >= 0.3 is 0 Å². The van der Waals surface area contributed by atoms with E-state index in [1.165, 1.54) is 30.5 Å². The molecule has 1 fully saturated rings. The largest absolute Gasteiger partial charge is 0.479 e. The fourth-order valence-electron chi connectivity index (χ4n) is 5.02. The summed E-state index contributed by atoms with van der Waals surface area (Å²) in [5.74, 6) is -0.664. The minimum absolute atomic E-state index is 0.129. The van der Waals surface area contributed by atoms with Crippen LogP contribution in [0.1, 0.15) is 43.9 Å². The second kappa shape index (κ2) is 5.95. The van der Waals surface area contributed by atoms with Crippen LogP contribution in [0.15, 0.2) is 47.4 Å². The maximum Gasteiger partial charge on any atom is 0.248 e. The zero-order valence-electron chi connectivity index (χ0n) is 16.0. The fraction of sp³-hybridized carbons (Fsp3) is 0.318. The summed E-state index contributed by atoms with van der Waals surface area (Å²) in [5.41, 5.74) is 0.406. The zero-order valence-corrected chi connectivity index (χ0v) is 16.0. The lowest BCUT2D eigenvalue weighted by Crippen LogP contribution is -2.41. The Balaban J connectivity index is 1.64. The van der Waals surface area contributed by atoms with Gasteiger partial charge < -0.3 is 9.72 Å². The normalized spacial score (nSPS) is 23.8. The van der Waals surface area contributed by atoms with Gasteiger partial charge in [0.2, 0.25) is 5.56 Å². The van der Waals surface area contributed by atoms with Gasteiger partial charge in [-0.1, -0.05) is 19.9 Å². The summed E-state index contributed by atoms with van der Waals surface area (Å²) >= 11 is 0. The Hall–Kier alpha value is -3.09. The van der Waals surface area contributed by atoms with Gasteiger partial charge in [0.1, 0.15) is 23.1 Å². The van der Waals surface area contributed by atoms with E-state index in [2.05, 4.69) is 29.0 Å². The van der Waals surface area contributed by atoms with Gasteiger partial charge in [0.05, 0.1) is 11.3 Å². The second-order valence-electron chi connectivity index (χ2n) is 8.26. The third-order valence-corrected chi connectivity index (χ3v) is 6.55. The lowest BCUT2D eigenvalue weighted by atomic mass is 9.77. The van der Waals surface area contributed by atoms with E-state index < -0.39 is 17.2 Å². The monoisotopic (exact) mass is 395 g/mol. The number of ether oxygens (including phenoxy) is 1. The number of aromatic amines is 1. The number of fused-ring (bicyclic) bond motifs is 5. The van der Waals surface area contributed by atoms with E-state index >= 15 is 0 Å². The number of nitrogens with zero attached hydrogens (tertiary/aromatic N) is 2. The predicted octanol–water partition coefficient (Wildman–Crippen LogP) is 4.30. The third kappa shape index (κ3) is 2.39. The molecule has 1 unspecified atom stereocenters. The second-order valence-corrected chi connectivity index (χ2v) is 8.26. The quantitative estimate of drug-likeness (QED) is 0.718. The summed E-state index contributed by atoms with van der Waals surface area (Å²) in [5, 5.41) is 8.56. The Morgan fingerprint density at radius 2 is 1.90 bits per heavy atom. The molecule has 0 radical (unpaired) electrons. The molecular weight excluding hydrogens is 376 g/mol. The standard InChI is InChI=1S/C22H19F2N3O2/c1-21(2)14-8-9-22(21,29-12-6-7-18(28)25-11-12)20-13(14)10-17(26-27-20)19-15(23)4-3-5-16(19)24/h3-7,10-11,14H,8-9H2,1-2H3,(H,25,28)/t14-,22?/m0/s1. The lowest BCUT2D eigenvalue weighted by Gasteiger charge is -2.37. The molecule has 5 nitrogen and oxygen atoms in total. The number of halogens is 2. The highest BCUT2D eigenvalue weighted by Crippen LogP contribution is 2.67. The van der Waals surface area contributed by atoms with Crippen LogP contribution in [-0.4, -0.2) is 15.2 Å². The first-order valence-corrected chi connectivity index (χ1v) is 9.54. The summed E-state index contributed by atoms with van der Waals surface area (Å²) in [6.07, 6.45) is 3.15. The van der Waals surface area contributed by atoms with Gasteiger partial charge in [0.15, 0.2) is 5.60 Å². The first-order chi connectivity index (χ1) is 13.8. The number of hydrogen-bond acceptors (Lipinski definition) is 4. The van der Waals surface area contributed by atoms with E-state index in [1.54, 1.807) is 12.1 Å². The summed E-state index contributed by atoms with van der Waals surface area (Å²) in [4.78, 5) is 14.0. The zero-order chi connectivity index (χ0) is 20.4. The van der Waals surface area contributed by atoms with Crippen molar-refractivity contribution in [3.05, 3.63) is 75.8 Å². The van der Waals surface area contributed by atoms with Crippen LogP contribution in [0.5, 0.6) is 5.75 Å². The molecule has 1 aromatic carbocycles. The minimum atomic E-state index is -0.718. The Morgan fingerprint density at radius 1 is 1.14 bits per heavy atom. The molecular formula is C22H19F2N3O2. The van der Waals surface area contributed by atoms with Gasteiger partial charge in [0.25, 0.3) is 0 Å². The molecule has 148 valence electrons. The highest BCUT2D eigenvalue weighted by molar-refractivity contribution is 5.63. The van der Waals surface area contributed by atoms with Crippen LogP contribution in [0.2, 0.25) is 0 Å². The molecule has 2 bridgehead atoms. The van der Waals surface area contributed by atoms with Crippen molar-refractivity contribution >= 4 is 0 Å². The van der Waals surface area contributed by atoms with Crippen molar-refractivity contribution in [2.75, 3.05) is 0 Å². The number of pyridine rings is 1. The molecule has 1 saturated carbocycles. The average Bonchev–Trinajstić information content (AvgIpc) is 3.04. The SMILES string of the molecule is CC1(C)[C@H]2CCC1(Oc1ccc(=O)[nH]c1)c1nnc(-c3c(F)cccc3F)cc12. The molecule has 29 heavy (non-hydrogen) atoms. The summed E-state index contributed by atoms with van der Waals surface area (Å²) in [6.45, 7) is 4.22. The van der Waals surface area contributed by atoms with Crippen molar-refractivity contribution in [3.63, 3.8) is 0 Å². The Labute approximate surface area is 165 Å². The molecule has 2 aromatic heterocycles. The molecule has 2 aliphatic carbocycles. The molecule has 0 amide bonds. The van der Waals surface area contributed by atoms with Crippen LogP contribution in [0, 0.1) is 17.0 Å². The first-order valence-electron chi connectivity index (χ1n) is 9.54. The molecule has 2 atom stereocenters. The Morgan fingerprint density at radius 3 is 2.59 bits per heavy atom. The summed E-state index contributed by atoms with van der Waals surface area (Å²) < 4.78 is 34.9. The molecule has 0 spiro atoms. The minimum Gasteiger partial charge on any atom is -0.479 e. The number of rotatable bonds is 3. The maximum absolute atomic E-state index is 14.3. The topological polar surface area (TPSA) is 67.9 Å². The van der Waals surface area contributed by atoms with Crippen molar-refractivity contribution in [2.45, 2.75) is 38.2 Å². The predicted molar refractivity (Wildman–Crippen MR) is 103 cm³/mol. The van der Waals surface area contributed by atoms with Gasteiger partial charge in [0, 0.05) is 17.7 Å². The van der Waals surface area contributed by atoms with Crippen LogP contribution in [0.4, 0.5) is 8.78 Å². The van der Waals surface area contributed by atoms with E-state index in [4.69, 9.17) is 4.74 Å². The van der Waals surface area contributed by atoms with Crippen LogP contribution < -0.4 is 10.3 Å². The molecule has 1 N–H and O–H groups in total. The molecule has 3 aromatic rings. The maximum atomic E-state index is 14.3. The van der Waals surface area contributed by atoms with Crippen LogP contribution in [0.3, 0.4) is 0 Å². The van der Waals surface area contributed by atoms with Crippen molar-refractivity contribution < 1.29 is 13.5 Å². The number of H-pyrrole nitrogens is 1. The van der Waals surface area contributed by atoms with Crippen LogP contribution >= 0.6 is 0 Å². The highest BCUT2D eigenvalue weighted by Gasteiger charge is 2.65. The summed E-state index contributed by atoms with van der Waals surface area (Å²) in [6, 6.07) is 8.54. The van der Waals surface area contributed by atoms with E-state index in [0.29, 0.717) is 11.4 Å². The van der Waals surface area contributed by atoms with Crippen LogP contribution in [0.25, 0.3) is 11.3 Å². The smallest absolute Gasteiger partial charge is 0.248 e. The molecule has 7 heteroatoms. The van der Waals surface area contributed by atoms with Gasteiger partial charge in [-0.2, -0.15) is 5.10 Å². The van der Waals surface area contributed by atoms with Gasteiger partial charge in [-0.3, -0.25) is 4.79 Å². The molecule has 2 heterocycles. The van der Waals surface area contributed by atoms with Gasteiger partial charge in [-0.25, -0.2) is 8.78 Å². The van der Waals surface area contributed by atoms with E-state index in [9.17, 15) is 13.6 Å². The van der Waals surface area contributed by atoms with E-state index in [-0.39, 0.29) is 28.1 Å². The number of hydrogen-bond donors (Lipinski definition) is 1. The van der Waals surface area contributed by atoms with Crippen LogP contribution in [-0.2, 0) is 5.60 Å². The van der Waals surface area contributed by atoms with Gasteiger partial charge in [-0.15, -0.1) is 5.10 Å². The fourth-order valence-corrected chi connectivity index (χ4v) is 5.02. The third-order valence-electron chi connectivity index (χ3n) is 6.55. The van der Waals surface area contributed by atoms with Crippen molar-refractivity contribution in [3.8, 4) is 17.0 Å². The number of benzene rings is 1. The van der Waals surface area contributed by atoms with Crippen molar-refractivity contribution in [1.29, 1.82) is 0 Å².